The molecule has 0 spiro atoms. The van der Waals surface area contributed by atoms with Crippen molar-refractivity contribution in [2.75, 3.05) is 7.05 Å². The summed E-state index contributed by atoms with van der Waals surface area (Å²) in [5, 5.41) is 1.09. The lowest BCUT2D eigenvalue weighted by Crippen LogP contribution is -2.31. The Hall–Kier alpha value is -0.830. The first-order valence-electron chi connectivity index (χ1n) is 4.27. The van der Waals surface area contributed by atoms with E-state index in [9.17, 15) is 4.79 Å². The fourth-order valence-corrected chi connectivity index (χ4v) is 0.840. The third kappa shape index (κ3) is 4.91. The molecule has 0 fully saturated rings. The molecule has 0 aliphatic carbocycles. The van der Waals surface area contributed by atoms with E-state index in [2.05, 4.69) is 6.92 Å². The summed E-state index contributed by atoms with van der Waals surface area (Å²) in [4.78, 5) is 11.0. The molecule has 0 atom stereocenters. The number of likely N-dealkylation sites (N-methyl/N-ethyl adjacent to an activating group) is 1. The fourth-order valence-electron chi connectivity index (χ4n) is 0.840. The van der Waals surface area contributed by atoms with Gasteiger partial charge in [-0.05, 0) is 19.8 Å². The van der Waals surface area contributed by atoms with Crippen LogP contribution in [-0.4, -0.2) is 18.0 Å². The first-order valence-corrected chi connectivity index (χ1v) is 4.27. The lowest BCUT2D eigenvalue weighted by molar-refractivity contribution is -0.125. The molecule has 0 aliphatic rings. The van der Waals surface area contributed by atoms with E-state index in [1.54, 1.807) is 13.1 Å². The molecule has 0 heterocycles. The zero-order chi connectivity index (χ0) is 9.56. The molecule has 0 radical (unpaired) electrons. The molecule has 70 valence electrons. The molecule has 1 amide bonds. The fraction of sp³-hybridized carbons (Fsp3) is 0.667. The second kappa shape index (κ2) is 5.77. The second-order valence-corrected chi connectivity index (χ2v) is 3.04. The largest absolute Gasteiger partial charge is 0.280 e. The molecule has 0 bridgehead atoms. The van der Waals surface area contributed by atoms with Crippen molar-refractivity contribution < 1.29 is 4.79 Å². The number of amides is 1. The van der Waals surface area contributed by atoms with Gasteiger partial charge in [-0.3, -0.25) is 9.80 Å². The van der Waals surface area contributed by atoms with Gasteiger partial charge < -0.3 is 0 Å². The van der Waals surface area contributed by atoms with Gasteiger partial charge in [-0.2, -0.15) is 0 Å². The van der Waals surface area contributed by atoms with E-state index in [-0.39, 0.29) is 5.91 Å². The predicted molar refractivity (Wildman–Crippen MR) is 50.2 cm³/mol. The second-order valence-electron chi connectivity index (χ2n) is 3.04. The Morgan fingerprint density at radius 3 is 2.58 bits per heavy atom. The van der Waals surface area contributed by atoms with Crippen molar-refractivity contribution in [1.82, 2.24) is 5.01 Å². The van der Waals surface area contributed by atoms with E-state index in [1.807, 2.05) is 6.92 Å². The number of carbonyl (C=O) groups excluding carboxylic acids is 1. The monoisotopic (exact) mass is 170 g/mol. The lowest BCUT2D eigenvalue weighted by Gasteiger charge is -2.06. The minimum absolute atomic E-state index is 0.136. The van der Waals surface area contributed by atoms with Crippen LogP contribution < -0.4 is 5.84 Å². The molecule has 0 aromatic rings. The van der Waals surface area contributed by atoms with E-state index < -0.39 is 0 Å². The van der Waals surface area contributed by atoms with Crippen molar-refractivity contribution in [2.24, 2.45) is 5.84 Å². The molecule has 0 unspecified atom stereocenters. The van der Waals surface area contributed by atoms with Crippen LogP contribution in [0.1, 0.15) is 33.1 Å². The van der Waals surface area contributed by atoms with Gasteiger partial charge >= 0.3 is 0 Å². The molecule has 0 saturated heterocycles. The van der Waals surface area contributed by atoms with Crippen molar-refractivity contribution in [1.29, 1.82) is 0 Å². The summed E-state index contributed by atoms with van der Waals surface area (Å²) in [6, 6.07) is 0. The van der Waals surface area contributed by atoms with Gasteiger partial charge in [0.2, 0.25) is 0 Å². The van der Waals surface area contributed by atoms with E-state index in [0.717, 1.165) is 29.8 Å². The number of hydrogen-bond acceptors (Lipinski definition) is 2. The standard InChI is InChI=1S/C9H18N2O/c1-4-5-6-8(2)7-9(12)11(3)10/h7H,4-6,10H2,1-3H3/b8-7+. The Kier molecular flexibility index (Phi) is 5.37. The highest BCUT2D eigenvalue weighted by molar-refractivity contribution is 5.87. The number of rotatable bonds is 4. The summed E-state index contributed by atoms with van der Waals surface area (Å²) in [6.45, 7) is 4.08. The molecule has 0 aromatic heterocycles. The van der Waals surface area contributed by atoms with Crippen LogP contribution in [-0.2, 0) is 4.79 Å². The average Bonchev–Trinajstić information content (AvgIpc) is 2.00. The molecule has 2 N–H and O–H groups in total. The Bertz CT molecular complexity index is 173. The van der Waals surface area contributed by atoms with Crippen molar-refractivity contribution in [3.63, 3.8) is 0 Å². The van der Waals surface area contributed by atoms with Crippen LogP contribution in [0.4, 0.5) is 0 Å². The van der Waals surface area contributed by atoms with E-state index in [1.165, 1.54) is 0 Å². The Balaban J connectivity index is 3.89. The number of hydrazine groups is 1. The van der Waals surface area contributed by atoms with Crippen LogP contribution in [0.25, 0.3) is 0 Å². The predicted octanol–water partition coefficient (Wildman–Crippen LogP) is 1.45. The summed E-state index contributed by atoms with van der Waals surface area (Å²) < 4.78 is 0. The minimum Gasteiger partial charge on any atom is -0.280 e. The number of hydrogen-bond donors (Lipinski definition) is 1. The molecule has 0 aliphatic heterocycles. The summed E-state index contributed by atoms with van der Waals surface area (Å²) in [5.74, 6) is 5.12. The van der Waals surface area contributed by atoms with Crippen LogP contribution >= 0.6 is 0 Å². The van der Waals surface area contributed by atoms with Gasteiger partial charge in [-0.15, -0.1) is 0 Å². The number of carbonyl (C=O) groups is 1. The van der Waals surface area contributed by atoms with Crippen molar-refractivity contribution in [3.05, 3.63) is 11.6 Å². The Labute approximate surface area is 74.2 Å². The molecular formula is C9H18N2O. The number of allylic oxidation sites excluding steroid dienone is 1. The first kappa shape index (κ1) is 11.2. The summed E-state index contributed by atoms with van der Waals surface area (Å²) in [7, 11) is 1.55. The van der Waals surface area contributed by atoms with Crippen molar-refractivity contribution >= 4 is 5.91 Å². The maximum atomic E-state index is 11.0. The van der Waals surface area contributed by atoms with E-state index >= 15 is 0 Å². The average molecular weight is 170 g/mol. The normalized spacial score (nSPS) is 11.5. The third-order valence-electron chi connectivity index (χ3n) is 1.64. The van der Waals surface area contributed by atoms with Crippen LogP contribution in [0, 0.1) is 0 Å². The van der Waals surface area contributed by atoms with Crippen LogP contribution in [0.5, 0.6) is 0 Å². The molecule has 12 heavy (non-hydrogen) atoms. The summed E-state index contributed by atoms with van der Waals surface area (Å²) in [5.41, 5.74) is 1.10. The number of nitrogens with two attached hydrogens (primary N) is 1. The van der Waals surface area contributed by atoms with Gasteiger partial charge in [0, 0.05) is 13.1 Å². The van der Waals surface area contributed by atoms with Gasteiger partial charge in [-0.25, -0.2) is 5.84 Å². The smallest absolute Gasteiger partial charge is 0.260 e. The molecule has 0 saturated carbocycles. The van der Waals surface area contributed by atoms with Crippen LogP contribution in [0.2, 0.25) is 0 Å². The topological polar surface area (TPSA) is 46.3 Å². The minimum atomic E-state index is -0.136. The number of nitrogens with zero attached hydrogens (tertiary/aromatic N) is 1. The third-order valence-corrected chi connectivity index (χ3v) is 1.64. The molecule has 3 nitrogen and oxygen atoms in total. The SMILES string of the molecule is CCCC/C(C)=C/C(=O)N(C)N. The van der Waals surface area contributed by atoms with E-state index in [0.29, 0.717) is 0 Å². The van der Waals surface area contributed by atoms with Gasteiger partial charge in [0.15, 0.2) is 0 Å². The molecule has 0 aromatic carbocycles. The lowest BCUT2D eigenvalue weighted by atomic mass is 10.1. The van der Waals surface area contributed by atoms with Gasteiger partial charge in [-0.1, -0.05) is 18.9 Å². The maximum Gasteiger partial charge on any atom is 0.260 e. The van der Waals surface area contributed by atoms with Gasteiger partial charge in [0.25, 0.3) is 5.91 Å². The van der Waals surface area contributed by atoms with Crippen molar-refractivity contribution in [3.8, 4) is 0 Å². The molecule has 0 rings (SSSR count). The van der Waals surface area contributed by atoms with Gasteiger partial charge in [0.1, 0.15) is 0 Å². The van der Waals surface area contributed by atoms with Crippen molar-refractivity contribution in [2.45, 2.75) is 33.1 Å². The quantitative estimate of drug-likeness (QED) is 0.300. The zero-order valence-electron chi connectivity index (χ0n) is 8.13. The number of unbranched alkanes of at least 4 members (excludes halogenated alkanes) is 1. The highest BCUT2D eigenvalue weighted by Crippen LogP contribution is 2.05. The highest BCUT2D eigenvalue weighted by Gasteiger charge is 1.99. The summed E-state index contributed by atoms with van der Waals surface area (Å²) in [6.07, 6.45) is 4.85. The molecular weight excluding hydrogens is 152 g/mol. The van der Waals surface area contributed by atoms with Crippen LogP contribution in [0.3, 0.4) is 0 Å². The Morgan fingerprint density at radius 1 is 1.58 bits per heavy atom. The van der Waals surface area contributed by atoms with Crippen LogP contribution in [0.15, 0.2) is 11.6 Å². The Morgan fingerprint density at radius 2 is 2.17 bits per heavy atom. The first-order chi connectivity index (χ1) is 5.57. The molecule has 3 heteroatoms. The zero-order valence-corrected chi connectivity index (χ0v) is 8.13. The highest BCUT2D eigenvalue weighted by atomic mass is 16.2. The van der Waals surface area contributed by atoms with E-state index in [4.69, 9.17) is 5.84 Å². The summed E-state index contributed by atoms with van der Waals surface area (Å²) >= 11 is 0. The van der Waals surface area contributed by atoms with Gasteiger partial charge in [0.05, 0.1) is 0 Å². The maximum absolute atomic E-state index is 11.0.